The number of halogens is 5. The number of hydrogen-bond donors (Lipinski definition) is 0. The standard InChI is InChI=1S/C18H18F5OP/c1-5-18(3,10-8-9(2)6-7-11(10)24-4)25-17-15(22)13(20)12(19)14(21)16(17)23/h6-8,25H,5H2,1-4H3. The van der Waals surface area contributed by atoms with Crippen molar-refractivity contribution in [3.05, 3.63) is 58.4 Å². The van der Waals surface area contributed by atoms with Crippen LogP contribution in [0.3, 0.4) is 0 Å². The molecule has 0 aliphatic carbocycles. The third-order valence-corrected chi connectivity index (χ3v) is 6.13. The Morgan fingerprint density at radius 2 is 1.48 bits per heavy atom. The molecule has 0 aromatic heterocycles. The summed E-state index contributed by atoms with van der Waals surface area (Å²) in [5.74, 6) is -9.03. The molecule has 0 fully saturated rings. The van der Waals surface area contributed by atoms with Gasteiger partial charge in [0, 0.05) is 10.7 Å². The summed E-state index contributed by atoms with van der Waals surface area (Å²) in [4.78, 5) is 0. The molecule has 136 valence electrons. The Hall–Kier alpha value is -1.68. The van der Waals surface area contributed by atoms with Crippen LogP contribution in [0.4, 0.5) is 22.0 Å². The van der Waals surface area contributed by atoms with Crippen LogP contribution in [0.15, 0.2) is 18.2 Å². The van der Waals surface area contributed by atoms with Crippen molar-refractivity contribution in [1.29, 1.82) is 0 Å². The number of aryl methyl sites for hydroxylation is 1. The average Bonchev–Trinajstić information content (AvgIpc) is 2.61. The fourth-order valence-corrected chi connectivity index (χ4v) is 4.09. The van der Waals surface area contributed by atoms with Gasteiger partial charge >= 0.3 is 0 Å². The molecule has 0 N–H and O–H groups in total. The van der Waals surface area contributed by atoms with E-state index in [4.69, 9.17) is 4.74 Å². The van der Waals surface area contributed by atoms with Crippen LogP contribution in [0.5, 0.6) is 5.75 Å². The zero-order chi connectivity index (χ0) is 18.9. The molecule has 0 heterocycles. The summed E-state index contributed by atoms with van der Waals surface area (Å²) in [7, 11) is 0.796. The molecule has 25 heavy (non-hydrogen) atoms. The van der Waals surface area contributed by atoms with Gasteiger partial charge in [0.15, 0.2) is 23.3 Å². The topological polar surface area (TPSA) is 9.23 Å². The molecule has 2 rings (SSSR count). The van der Waals surface area contributed by atoms with Gasteiger partial charge in [0.25, 0.3) is 0 Å². The van der Waals surface area contributed by atoms with Crippen LogP contribution in [0.2, 0.25) is 0 Å². The molecular weight excluding hydrogens is 358 g/mol. The summed E-state index contributed by atoms with van der Waals surface area (Å²) >= 11 is 0. The van der Waals surface area contributed by atoms with Crippen molar-refractivity contribution in [1.82, 2.24) is 0 Å². The van der Waals surface area contributed by atoms with E-state index in [0.29, 0.717) is 17.7 Å². The zero-order valence-electron chi connectivity index (χ0n) is 14.2. The van der Waals surface area contributed by atoms with Crippen molar-refractivity contribution >= 4 is 13.9 Å². The number of methoxy groups -OCH3 is 1. The summed E-state index contributed by atoms with van der Waals surface area (Å²) in [6.45, 7) is 5.36. The van der Waals surface area contributed by atoms with Gasteiger partial charge in [-0.1, -0.05) is 40.1 Å². The molecule has 0 bridgehead atoms. The van der Waals surface area contributed by atoms with E-state index in [0.717, 1.165) is 5.56 Å². The highest BCUT2D eigenvalue weighted by molar-refractivity contribution is 7.48. The van der Waals surface area contributed by atoms with Crippen molar-refractivity contribution in [2.24, 2.45) is 0 Å². The van der Waals surface area contributed by atoms with Crippen LogP contribution in [0, 0.1) is 36.0 Å². The molecule has 0 aliphatic heterocycles. The van der Waals surface area contributed by atoms with Crippen LogP contribution < -0.4 is 10.0 Å². The van der Waals surface area contributed by atoms with E-state index in [1.165, 1.54) is 7.11 Å². The molecule has 7 heteroatoms. The molecule has 0 radical (unpaired) electrons. The van der Waals surface area contributed by atoms with Crippen molar-refractivity contribution < 1.29 is 26.7 Å². The Bertz CT molecular complexity index is 780. The molecule has 0 saturated heterocycles. The molecule has 0 aliphatic rings. The monoisotopic (exact) mass is 376 g/mol. The van der Waals surface area contributed by atoms with E-state index in [1.54, 1.807) is 26.0 Å². The first kappa shape index (κ1) is 19.6. The maximum absolute atomic E-state index is 14.1. The second-order valence-electron chi connectivity index (χ2n) is 5.96. The lowest BCUT2D eigenvalue weighted by Gasteiger charge is -2.31. The average molecular weight is 376 g/mol. The summed E-state index contributed by atoms with van der Waals surface area (Å²) in [5, 5.41) is -1.64. The largest absolute Gasteiger partial charge is 0.496 e. The van der Waals surface area contributed by atoms with E-state index in [9.17, 15) is 22.0 Å². The Labute approximate surface area is 145 Å². The first-order valence-corrected chi connectivity index (χ1v) is 8.61. The summed E-state index contributed by atoms with van der Waals surface area (Å²) in [6.07, 6.45) is 0.421. The number of hydrogen-bond acceptors (Lipinski definition) is 1. The minimum absolute atomic E-state index is 0.421. The highest BCUT2D eigenvalue weighted by atomic mass is 31.1. The second-order valence-corrected chi connectivity index (χ2v) is 7.81. The predicted molar refractivity (Wildman–Crippen MR) is 89.6 cm³/mol. The van der Waals surface area contributed by atoms with Gasteiger partial charge in [0.1, 0.15) is 5.75 Å². The maximum atomic E-state index is 14.1. The van der Waals surface area contributed by atoms with Crippen molar-refractivity contribution in [3.8, 4) is 5.75 Å². The third-order valence-electron chi connectivity index (χ3n) is 4.27. The van der Waals surface area contributed by atoms with Gasteiger partial charge in [-0.05, 0) is 19.4 Å². The van der Waals surface area contributed by atoms with Crippen molar-refractivity contribution in [3.63, 3.8) is 0 Å². The predicted octanol–water partition coefficient (Wildman–Crippen LogP) is 5.33. The molecule has 2 aromatic carbocycles. The van der Waals surface area contributed by atoms with Gasteiger partial charge in [-0.3, -0.25) is 0 Å². The lowest BCUT2D eigenvalue weighted by atomic mass is 9.95. The molecule has 0 spiro atoms. The van der Waals surface area contributed by atoms with Crippen LogP contribution in [0.25, 0.3) is 0 Å². The second kappa shape index (κ2) is 7.28. The fraction of sp³-hybridized carbons (Fsp3) is 0.333. The van der Waals surface area contributed by atoms with Gasteiger partial charge < -0.3 is 4.74 Å². The van der Waals surface area contributed by atoms with E-state index >= 15 is 0 Å². The van der Waals surface area contributed by atoms with E-state index in [1.807, 2.05) is 13.0 Å². The Morgan fingerprint density at radius 1 is 0.960 bits per heavy atom. The highest BCUT2D eigenvalue weighted by Crippen LogP contribution is 2.48. The van der Waals surface area contributed by atoms with Crippen molar-refractivity contribution in [2.45, 2.75) is 32.3 Å². The zero-order valence-corrected chi connectivity index (χ0v) is 15.2. The van der Waals surface area contributed by atoms with Gasteiger partial charge in [-0.25, -0.2) is 22.0 Å². The lowest BCUT2D eigenvalue weighted by molar-refractivity contribution is 0.384. The maximum Gasteiger partial charge on any atom is 0.200 e. The number of rotatable bonds is 5. The number of ether oxygens (including phenoxy) is 1. The normalized spacial score (nSPS) is 14.1. The van der Waals surface area contributed by atoms with E-state index in [-0.39, 0.29) is 0 Å². The Morgan fingerprint density at radius 3 is 1.96 bits per heavy atom. The molecule has 1 nitrogen and oxygen atoms in total. The first-order chi connectivity index (χ1) is 11.7. The van der Waals surface area contributed by atoms with Crippen molar-refractivity contribution in [2.75, 3.05) is 7.11 Å². The van der Waals surface area contributed by atoms with E-state index in [2.05, 4.69) is 0 Å². The van der Waals surface area contributed by atoms with Gasteiger partial charge in [0.05, 0.1) is 12.4 Å². The molecule has 0 saturated carbocycles. The van der Waals surface area contributed by atoms with Crippen LogP contribution in [-0.2, 0) is 5.16 Å². The van der Waals surface area contributed by atoms with Gasteiger partial charge in [-0.2, -0.15) is 0 Å². The summed E-state index contributed by atoms with van der Waals surface area (Å²) < 4.78 is 73.8. The molecule has 2 unspecified atom stereocenters. The SMILES string of the molecule is CCC(C)(Pc1c(F)c(F)c(F)c(F)c1F)c1cc(C)ccc1OC. The smallest absolute Gasteiger partial charge is 0.200 e. The van der Waals surface area contributed by atoms with Gasteiger partial charge in [0.2, 0.25) is 5.82 Å². The first-order valence-electron chi connectivity index (χ1n) is 7.61. The minimum Gasteiger partial charge on any atom is -0.496 e. The lowest BCUT2D eigenvalue weighted by Crippen LogP contribution is -2.25. The number of benzene rings is 2. The Kier molecular flexibility index (Phi) is 5.72. The fourth-order valence-electron chi connectivity index (χ4n) is 2.59. The van der Waals surface area contributed by atoms with Crippen LogP contribution in [0.1, 0.15) is 31.4 Å². The molecule has 0 amide bonds. The van der Waals surface area contributed by atoms with Crippen LogP contribution in [-0.4, -0.2) is 7.11 Å². The van der Waals surface area contributed by atoms with Gasteiger partial charge in [-0.15, -0.1) is 0 Å². The molecule has 2 atom stereocenters. The summed E-state index contributed by atoms with van der Waals surface area (Å²) in [5.41, 5.74) is 1.57. The molecular formula is C18H18F5OP. The summed E-state index contributed by atoms with van der Waals surface area (Å²) in [6, 6.07) is 5.35. The van der Waals surface area contributed by atoms with Crippen LogP contribution >= 0.6 is 8.58 Å². The van der Waals surface area contributed by atoms with E-state index < -0.39 is 48.1 Å². The molecule has 2 aromatic rings. The Balaban J connectivity index is 2.63. The quantitative estimate of drug-likeness (QED) is 0.297. The third kappa shape index (κ3) is 3.50. The highest BCUT2D eigenvalue weighted by Gasteiger charge is 2.34. The minimum atomic E-state index is -2.14.